The number of hydrogen-bond acceptors (Lipinski definition) is 3. The molecule has 0 aliphatic heterocycles. The fourth-order valence-electron chi connectivity index (χ4n) is 1.81. The highest BCUT2D eigenvalue weighted by Crippen LogP contribution is 2.13. The summed E-state index contributed by atoms with van der Waals surface area (Å²) in [5.74, 6) is 1.39. The number of nitrogens with one attached hydrogen (secondary N) is 1. The van der Waals surface area contributed by atoms with Gasteiger partial charge in [0.15, 0.2) is 0 Å². The Labute approximate surface area is 126 Å². The zero-order valence-corrected chi connectivity index (χ0v) is 13.2. The molecule has 0 radical (unpaired) electrons. The minimum atomic E-state index is -0.760. The molecule has 2 N–H and O–H groups in total. The van der Waals surface area contributed by atoms with Gasteiger partial charge in [0.2, 0.25) is 5.91 Å². The van der Waals surface area contributed by atoms with Gasteiger partial charge in [-0.05, 0) is 30.6 Å². The number of rotatable bonds is 9. The second kappa shape index (κ2) is 9.03. The molecule has 0 aromatic heterocycles. The zero-order chi connectivity index (χ0) is 14.8. The van der Waals surface area contributed by atoms with Crippen molar-refractivity contribution >= 4 is 17.7 Å². The molecule has 0 aliphatic carbocycles. The van der Waals surface area contributed by atoms with Gasteiger partial charge in [-0.1, -0.05) is 44.2 Å². The lowest BCUT2D eigenvalue weighted by Gasteiger charge is -2.25. The summed E-state index contributed by atoms with van der Waals surface area (Å²) < 4.78 is 0. The number of hydrogen-bond donors (Lipinski definition) is 2. The molecule has 1 aromatic carbocycles. The Bertz CT molecular complexity index is 391. The van der Waals surface area contributed by atoms with Gasteiger partial charge in [-0.25, -0.2) is 0 Å². The Kier molecular flexibility index (Phi) is 7.70. The van der Waals surface area contributed by atoms with Crippen LogP contribution in [0.4, 0.5) is 0 Å². The van der Waals surface area contributed by atoms with E-state index in [1.165, 1.54) is 5.56 Å². The van der Waals surface area contributed by atoms with E-state index in [0.717, 1.165) is 12.2 Å². The van der Waals surface area contributed by atoms with E-state index in [1.54, 1.807) is 11.8 Å². The summed E-state index contributed by atoms with van der Waals surface area (Å²) in [5.41, 5.74) is 0.538. The largest absolute Gasteiger partial charge is 0.388 e. The third-order valence-electron chi connectivity index (χ3n) is 3.54. The number of benzene rings is 1. The highest BCUT2D eigenvalue weighted by atomic mass is 32.2. The second-order valence-electron chi connectivity index (χ2n) is 5.00. The number of carbonyl (C=O) groups is 1. The van der Waals surface area contributed by atoms with Crippen LogP contribution in [0.5, 0.6) is 0 Å². The van der Waals surface area contributed by atoms with E-state index in [1.807, 2.05) is 32.0 Å². The summed E-state index contributed by atoms with van der Waals surface area (Å²) in [6.45, 7) is 4.21. The van der Waals surface area contributed by atoms with Gasteiger partial charge in [-0.15, -0.1) is 0 Å². The van der Waals surface area contributed by atoms with Crippen LogP contribution in [-0.2, 0) is 11.2 Å². The topological polar surface area (TPSA) is 49.3 Å². The molecule has 0 fully saturated rings. The number of amides is 1. The first-order chi connectivity index (χ1) is 9.59. The van der Waals surface area contributed by atoms with Crippen LogP contribution in [0, 0.1) is 0 Å². The summed E-state index contributed by atoms with van der Waals surface area (Å²) in [7, 11) is 0. The first-order valence-electron chi connectivity index (χ1n) is 7.20. The van der Waals surface area contributed by atoms with Crippen molar-refractivity contribution in [1.82, 2.24) is 5.32 Å². The van der Waals surface area contributed by atoms with Crippen LogP contribution in [0.1, 0.15) is 32.3 Å². The highest BCUT2D eigenvalue weighted by Gasteiger charge is 2.22. The maximum absolute atomic E-state index is 11.7. The van der Waals surface area contributed by atoms with E-state index in [4.69, 9.17) is 0 Å². The zero-order valence-electron chi connectivity index (χ0n) is 12.4. The number of aryl methyl sites for hydroxylation is 1. The van der Waals surface area contributed by atoms with Gasteiger partial charge in [0.05, 0.1) is 11.4 Å². The molecule has 0 saturated heterocycles. The molecule has 1 rings (SSSR count). The first-order valence-corrected chi connectivity index (χ1v) is 8.36. The van der Waals surface area contributed by atoms with Gasteiger partial charge < -0.3 is 10.4 Å². The number of thioether (sulfide) groups is 1. The van der Waals surface area contributed by atoms with E-state index < -0.39 is 5.60 Å². The first kappa shape index (κ1) is 17.1. The van der Waals surface area contributed by atoms with Gasteiger partial charge >= 0.3 is 0 Å². The van der Waals surface area contributed by atoms with E-state index in [0.29, 0.717) is 25.1 Å². The van der Waals surface area contributed by atoms with Gasteiger partial charge in [0, 0.05) is 6.54 Å². The molecule has 4 heteroatoms. The summed E-state index contributed by atoms with van der Waals surface area (Å²) in [6, 6.07) is 10.3. The predicted molar refractivity (Wildman–Crippen MR) is 86.0 cm³/mol. The Morgan fingerprint density at radius 3 is 2.50 bits per heavy atom. The minimum Gasteiger partial charge on any atom is -0.388 e. The average Bonchev–Trinajstić information content (AvgIpc) is 2.50. The molecule has 0 unspecified atom stereocenters. The lowest BCUT2D eigenvalue weighted by atomic mass is 9.98. The average molecular weight is 295 g/mol. The fourth-order valence-corrected chi connectivity index (χ4v) is 2.63. The normalized spacial score (nSPS) is 11.3. The van der Waals surface area contributed by atoms with Gasteiger partial charge in [0.25, 0.3) is 0 Å². The molecule has 1 aromatic rings. The lowest BCUT2D eigenvalue weighted by Crippen LogP contribution is -2.42. The SMILES string of the molecule is CCC(O)(CC)CNC(=O)CSCCc1ccccc1. The van der Waals surface area contributed by atoms with E-state index in [9.17, 15) is 9.90 Å². The summed E-state index contributed by atoms with van der Waals surface area (Å²) in [4.78, 5) is 11.7. The molecular formula is C16H25NO2S. The molecule has 0 atom stereocenters. The highest BCUT2D eigenvalue weighted by molar-refractivity contribution is 7.99. The van der Waals surface area contributed by atoms with Crippen molar-refractivity contribution in [3.63, 3.8) is 0 Å². The molecule has 20 heavy (non-hydrogen) atoms. The molecule has 0 bridgehead atoms. The summed E-state index contributed by atoms with van der Waals surface area (Å²) in [5, 5.41) is 12.9. The van der Waals surface area contributed by atoms with Crippen molar-refractivity contribution < 1.29 is 9.90 Å². The van der Waals surface area contributed by atoms with Gasteiger partial charge in [0.1, 0.15) is 0 Å². The Balaban J connectivity index is 2.14. The van der Waals surface area contributed by atoms with Crippen molar-refractivity contribution in [2.24, 2.45) is 0 Å². The van der Waals surface area contributed by atoms with Crippen molar-refractivity contribution in [3.05, 3.63) is 35.9 Å². The third-order valence-corrected chi connectivity index (χ3v) is 4.50. The van der Waals surface area contributed by atoms with Crippen LogP contribution < -0.4 is 5.32 Å². The van der Waals surface area contributed by atoms with Crippen LogP contribution in [0.25, 0.3) is 0 Å². The summed E-state index contributed by atoms with van der Waals surface area (Å²) >= 11 is 1.63. The molecule has 0 aliphatic rings. The van der Waals surface area contributed by atoms with E-state index >= 15 is 0 Å². The molecule has 0 saturated carbocycles. The molecule has 3 nitrogen and oxygen atoms in total. The van der Waals surface area contributed by atoms with Crippen LogP contribution in [0.3, 0.4) is 0 Å². The molecule has 1 amide bonds. The Morgan fingerprint density at radius 2 is 1.90 bits per heavy atom. The molecular weight excluding hydrogens is 270 g/mol. The maximum atomic E-state index is 11.7. The van der Waals surface area contributed by atoms with E-state index in [-0.39, 0.29) is 5.91 Å². The number of carbonyl (C=O) groups excluding carboxylic acids is 1. The predicted octanol–water partition coefficient (Wildman–Crippen LogP) is 2.63. The smallest absolute Gasteiger partial charge is 0.230 e. The molecule has 0 spiro atoms. The van der Waals surface area contributed by atoms with Crippen LogP contribution >= 0.6 is 11.8 Å². The van der Waals surface area contributed by atoms with Crippen molar-refractivity contribution in [1.29, 1.82) is 0 Å². The number of aliphatic hydroxyl groups is 1. The third kappa shape index (κ3) is 6.44. The standard InChI is InChI=1S/C16H25NO2S/c1-3-16(19,4-2)13-17-15(18)12-20-11-10-14-8-6-5-7-9-14/h5-9,19H,3-4,10-13H2,1-2H3,(H,17,18). The van der Waals surface area contributed by atoms with E-state index in [2.05, 4.69) is 17.4 Å². The van der Waals surface area contributed by atoms with Crippen LogP contribution in [0.2, 0.25) is 0 Å². The van der Waals surface area contributed by atoms with Crippen LogP contribution in [-0.4, -0.2) is 34.7 Å². The van der Waals surface area contributed by atoms with Crippen LogP contribution in [0.15, 0.2) is 30.3 Å². The second-order valence-corrected chi connectivity index (χ2v) is 6.10. The van der Waals surface area contributed by atoms with Crippen molar-refractivity contribution in [2.75, 3.05) is 18.1 Å². The molecule has 0 heterocycles. The van der Waals surface area contributed by atoms with Crippen molar-refractivity contribution in [3.8, 4) is 0 Å². The Morgan fingerprint density at radius 1 is 1.25 bits per heavy atom. The monoisotopic (exact) mass is 295 g/mol. The van der Waals surface area contributed by atoms with Gasteiger partial charge in [-0.3, -0.25) is 4.79 Å². The van der Waals surface area contributed by atoms with Crippen molar-refractivity contribution in [2.45, 2.75) is 38.7 Å². The quantitative estimate of drug-likeness (QED) is 0.689. The summed E-state index contributed by atoms with van der Waals surface area (Å²) in [6.07, 6.45) is 2.29. The molecule has 112 valence electrons. The minimum absolute atomic E-state index is 0.00314. The maximum Gasteiger partial charge on any atom is 0.230 e. The Hall–Kier alpha value is -1.00. The van der Waals surface area contributed by atoms with Gasteiger partial charge in [-0.2, -0.15) is 11.8 Å². The fraction of sp³-hybridized carbons (Fsp3) is 0.562. The lowest BCUT2D eigenvalue weighted by molar-refractivity contribution is -0.119.